The number of esters is 2. The molecule has 0 bridgehead atoms. The molecule has 0 fully saturated rings. The van der Waals surface area contributed by atoms with Gasteiger partial charge in [-0.1, -0.05) is 34.1 Å². The van der Waals surface area contributed by atoms with Crippen LogP contribution in [0.4, 0.5) is 0 Å². The van der Waals surface area contributed by atoms with Gasteiger partial charge >= 0.3 is 11.9 Å². The fraction of sp³-hybridized carbons (Fsp3) is 0.190. The van der Waals surface area contributed by atoms with Crippen LogP contribution in [-0.2, 0) is 9.47 Å². The highest BCUT2D eigenvalue weighted by atomic mass is 79.9. The summed E-state index contributed by atoms with van der Waals surface area (Å²) in [6, 6.07) is 10.6. The lowest BCUT2D eigenvalue weighted by molar-refractivity contribution is 0.0549. The predicted molar refractivity (Wildman–Crippen MR) is 111 cm³/mol. The molecule has 0 radical (unpaired) electrons. The van der Waals surface area contributed by atoms with Gasteiger partial charge in [0.15, 0.2) is 5.69 Å². The molecule has 29 heavy (non-hydrogen) atoms. The molecule has 1 aromatic heterocycles. The number of rotatable bonds is 4. The molecule has 150 valence electrons. The Kier molecular flexibility index (Phi) is 5.74. The predicted octanol–water partition coefficient (Wildman–Crippen LogP) is 4.20. The van der Waals surface area contributed by atoms with Crippen LogP contribution in [0.1, 0.15) is 32.0 Å². The fourth-order valence-corrected chi connectivity index (χ4v) is 3.62. The molecule has 3 rings (SSSR count). The Morgan fingerprint density at radius 2 is 1.69 bits per heavy atom. The summed E-state index contributed by atoms with van der Waals surface area (Å²) in [7, 11) is 2.43. The Morgan fingerprint density at radius 1 is 1.07 bits per heavy atom. The highest BCUT2D eigenvalue weighted by Gasteiger charge is 2.33. The molecule has 1 heterocycles. The van der Waals surface area contributed by atoms with Crippen molar-refractivity contribution < 1.29 is 24.2 Å². The maximum Gasteiger partial charge on any atom is 0.357 e. The van der Waals surface area contributed by atoms with E-state index in [1.54, 1.807) is 44.2 Å². The van der Waals surface area contributed by atoms with Crippen LogP contribution in [0.2, 0.25) is 0 Å². The number of para-hydroxylation sites is 1. The van der Waals surface area contributed by atoms with Crippen LogP contribution in [0.3, 0.4) is 0 Å². The first-order chi connectivity index (χ1) is 13.8. The van der Waals surface area contributed by atoms with Crippen molar-refractivity contribution in [2.45, 2.75) is 13.8 Å². The van der Waals surface area contributed by atoms with Crippen LogP contribution < -0.4 is 0 Å². The van der Waals surface area contributed by atoms with Gasteiger partial charge in [0.2, 0.25) is 0 Å². The minimum atomic E-state index is -0.765. The second kappa shape index (κ2) is 8.08. The number of phenolic OH excluding ortho intramolecular Hbond substituents is 1. The molecule has 2 aromatic carbocycles. The standard InChI is InChI=1S/C21H19BrN2O5/c1-11-10-14(22)12(2)15(19(11)25)17-16(20(26)28-3)18(21(27)29-4)24(23-17)13-8-6-5-7-9-13/h5-10,25H,1-4H3. The summed E-state index contributed by atoms with van der Waals surface area (Å²) in [5.74, 6) is -1.55. The highest BCUT2D eigenvalue weighted by Crippen LogP contribution is 2.41. The summed E-state index contributed by atoms with van der Waals surface area (Å²) in [5.41, 5.74) is 2.08. The maximum atomic E-state index is 12.7. The third kappa shape index (κ3) is 3.51. The third-order valence-electron chi connectivity index (χ3n) is 4.58. The van der Waals surface area contributed by atoms with Crippen LogP contribution >= 0.6 is 15.9 Å². The van der Waals surface area contributed by atoms with Gasteiger partial charge in [0.05, 0.1) is 19.9 Å². The molecule has 0 spiro atoms. The summed E-state index contributed by atoms with van der Waals surface area (Å²) in [5, 5.41) is 15.3. The number of methoxy groups -OCH3 is 2. The van der Waals surface area contributed by atoms with Gasteiger partial charge in [-0.25, -0.2) is 14.3 Å². The van der Waals surface area contributed by atoms with Gasteiger partial charge in [-0.15, -0.1) is 0 Å². The van der Waals surface area contributed by atoms with Crippen molar-refractivity contribution in [1.29, 1.82) is 0 Å². The Balaban J connectivity index is 2.48. The number of ether oxygens (including phenoxy) is 2. The van der Waals surface area contributed by atoms with Crippen molar-refractivity contribution in [1.82, 2.24) is 9.78 Å². The molecule has 0 saturated heterocycles. The molecular formula is C21H19BrN2O5. The van der Waals surface area contributed by atoms with Gasteiger partial charge in [-0.3, -0.25) is 0 Å². The summed E-state index contributed by atoms with van der Waals surface area (Å²) in [6.07, 6.45) is 0. The molecule has 0 atom stereocenters. The van der Waals surface area contributed by atoms with E-state index in [9.17, 15) is 14.7 Å². The van der Waals surface area contributed by atoms with Crippen molar-refractivity contribution in [3.05, 3.63) is 63.3 Å². The number of carbonyl (C=O) groups is 2. The summed E-state index contributed by atoms with van der Waals surface area (Å²) < 4.78 is 11.9. The molecule has 8 heteroatoms. The van der Waals surface area contributed by atoms with Crippen LogP contribution in [0.15, 0.2) is 40.9 Å². The van der Waals surface area contributed by atoms with E-state index in [0.29, 0.717) is 22.4 Å². The zero-order valence-corrected chi connectivity index (χ0v) is 17.9. The van der Waals surface area contributed by atoms with Crippen molar-refractivity contribution in [3.63, 3.8) is 0 Å². The van der Waals surface area contributed by atoms with Gasteiger partial charge in [0.25, 0.3) is 0 Å². The number of hydrogen-bond donors (Lipinski definition) is 1. The number of carbonyl (C=O) groups excluding carboxylic acids is 2. The molecular weight excluding hydrogens is 440 g/mol. The second-order valence-corrected chi connectivity index (χ2v) is 7.18. The van der Waals surface area contributed by atoms with Gasteiger partial charge < -0.3 is 14.6 Å². The zero-order chi connectivity index (χ0) is 21.3. The fourth-order valence-electron chi connectivity index (χ4n) is 3.08. The van der Waals surface area contributed by atoms with E-state index in [-0.39, 0.29) is 22.7 Å². The lowest BCUT2D eigenvalue weighted by Crippen LogP contribution is -2.15. The van der Waals surface area contributed by atoms with Crippen molar-refractivity contribution in [2.75, 3.05) is 14.2 Å². The molecule has 0 amide bonds. The van der Waals surface area contributed by atoms with Crippen LogP contribution in [0.5, 0.6) is 5.75 Å². The Hall–Kier alpha value is -3.13. The minimum absolute atomic E-state index is 0.0371. The van der Waals surface area contributed by atoms with Crippen LogP contribution in [0, 0.1) is 13.8 Å². The number of halogens is 1. The lowest BCUT2D eigenvalue weighted by Gasteiger charge is -2.12. The quantitative estimate of drug-likeness (QED) is 0.589. The molecule has 7 nitrogen and oxygen atoms in total. The van der Waals surface area contributed by atoms with Gasteiger partial charge in [-0.2, -0.15) is 5.10 Å². The maximum absolute atomic E-state index is 12.7. The number of phenols is 1. The van der Waals surface area contributed by atoms with E-state index >= 15 is 0 Å². The second-order valence-electron chi connectivity index (χ2n) is 6.33. The molecule has 0 saturated carbocycles. The smallest absolute Gasteiger partial charge is 0.357 e. The lowest BCUT2D eigenvalue weighted by atomic mass is 9.97. The minimum Gasteiger partial charge on any atom is -0.507 e. The SMILES string of the molecule is COC(=O)c1c(-c2c(C)c(Br)cc(C)c2O)nn(-c2ccccc2)c1C(=O)OC. The zero-order valence-electron chi connectivity index (χ0n) is 16.3. The number of aryl methyl sites for hydroxylation is 1. The Labute approximate surface area is 176 Å². The first kappa shape index (κ1) is 20.6. The normalized spacial score (nSPS) is 10.7. The van der Waals surface area contributed by atoms with Crippen molar-refractivity contribution in [3.8, 4) is 22.7 Å². The average molecular weight is 459 g/mol. The van der Waals surface area contributed by atoms with E-state index in [2.05, 4.69) is 21.0 Å². The highest BCUT2D eigenvalue weighted by molar-refractivity contribution is 9.10. The van der Waals surface area contributed by atoms with Crippen LogP contribution in [-0.4, -0.2) is 41.0 Å². The first-order valence-corrected chi connectivity index (χ1v) is 9.45. The van der Waals surface area contributed by atoms with Crippen molar-refractivity contribution >= 4 is 27.9 Å². The van der Waals surface area contributed by atoms with E-state index in [1.165, 1.54) is 18.9 Å². The number of nitrogens with zero attached hydrogens (tertiary/aromatic N) is 2. The van der Waals surface area contributed by atoms with Crippen LogP contribution in [0.25, 0.3) is 16.9 Å². The number of aromatic nitrogens is 2. The monoisotopic (exact) mass is 458 g/mol. The molecule has 0 aliphatic carbocycles. The largest absolute Gasteiger partial charge is 0.507 e. The van der Waals surface area contributed by atoms with E-state index in [1.807, 2.05) is 6.07 Å². The molecule has 0 unspecified atom stereocenters. The third-order valence-corrected chi connectivity index (χ3v) is 5.40. The summed E-state index contributed by atoms with van der Waals surface area (Å²) in [6.45, 7) is 3.51. The Morgan fingerprint density at radius 3 is 2.28 bits per heavy atom. The van der Waals surface area contributed by atoms with Gasteiger partial charge in [0, 0.05) is 10.0 Å². The van der Waals surface area contributed by atoms with E-state index in [0.717, 1.165) is 4.47 Å². The number of hydrogen-bond acceptors (Lipinski definition) is 6. The number of aromatic hydroxyl groups is 1. The first-order valence-electron chi connectivity index (χ1n) is 8.65. The van der Waals surface area contributed by atoms with Gasteiger partial charge in [-0.05, 0) is 43.2 Å². The molecule has 0 aliphatic heterocycles. The average Bonchev–Trinajstić information content (AvgIpc) is 3.12. The summed E-state index contributed by atoms with van der Waals surface area (Å²) in [4.78, 5) is 25.3. The molecule has 0 aliphatic rings. The number of benzene rings is 2. The molecule has 1 N–H and O–H groups in total. The topological polar surface area (TPSA) is 90.6 Å². The van der Waals surface area contributed by atoms with Crippen molar-refractivity contribution in [2.24, 2.45) is 0 Å². The van der Waals surface area contributed by atoms with E-state index < -0.39 is 11.9 Å². The Bertz CT molecular complexity index is 1080. The molecule has 3 aromatic rings. The summed E-state index contributed by atoms with van der Waals surface area (Å²) >= 11 is 3.47. The van der Waals surface area contributed by atoms with Gasteiger partial charge in [0.1, 0.15) is 17.0 Å². The van der Waals surface area contributed by atoms with E-state index in [4.69, 9.17) is 9.47 Å².